The van der Waals surface area contributed by atoms with E-state index in [-0.39, 0.29) is 18.5 Å². The quantitative estimate of drug-likeness (QED) is 0.478. The normalized spacial score (nSPS) is 12.2. The van der Waals surface area contributed by atoms with Crippen molar-refractivity contribution in [2.45, 2.75) is 59.7 Å². The Balaban J connectivity index is 2.40. The van der Waals surface area contributed by atoms with Gasteiger partial charge in [0.1, 0.15) is 18.3 Å². The van der Waals surface area contributed by atoms with E-state index in [2.05, 4.69) is 5.32 Å². The molecule has 0 aromatic heterocycles. The first kappa shape index (κ1) is 28.2. The van der Waals surface area contributed by atoms with Gasteiger partial charge in [-0.2, -0.15) is 0 Å². The molecule has 2 rings (SSSR count). The SMILES string of the molecule is CCOc1ccc(N(CC(=O)N(Cc2ccc(C)cc2)[C@@H](CC)C(=O)NC(C)C)S(C)(=O)=O)cc1. The van der Waals surface area contributed by atoms with Crippen molar-refractivity contribution in [3.05, 3.63) is 59.7 Å². The number of benzene rings is 2. The van der Waals surface area contributed by atoms with Crippen LogP contribution in [0.15, 0.2) is 48.5 Å². The third-order valence-electron chi connectivity index (χ3n) is 5.41. The van der Waals surface area contributed by atoms with E-state index in [1.54, 1.807) is 24.3 Å². The number of aryl methyl sites for hydroxylation is 1. The lowest BCUT2D eigenvalue weighted by atomic mass is 10.1. The number of amides is 2. The minimum absolute atomic E-state index is 0.0933. The van der Waals surface area contributed by atoms with Gasteiger partial charge in [-0.25, -0.2) is 8.42 Å². The summed E-state index contributed by atoms with van der Waals surface area (Å²) in [5, 5.41) is 2.88. The van der Waals surface area contributed by atoms with Crippen LogP contribution in [-0.4, -0.2) is 56.6 Å². The van der Waals surface area contributed by atoms with E-state index in [1.165, 1.54) is 4.90 Å². The van der Waals surface area contributed by atoms with Crippen LogP contribution >= 0.6 is 0 Å². The summed E-state index contributed by atoms with van der Waals surface area (Å²) in [4.78, 5) is 28.1. The molecule has 0 radical (unpaired) electrons. The summed E-state index contributed by atoms with van der Waals surface area (Å²) in [6.07, 6.45) is 1.45. The number of nitrogens with one attached hydrogen (secondary N) is 1. The summed E-state index contributed by atoms with van der Waals surface area (Å²) < 4.78 is 31.8. The number of ether oxygens (including phenoxy) is 1. The summed E-state index contributed by atoms with van der Waals surface area (Å²) in [5.41, 5.74) is 2.28. The van der Waals surface area contributed by atoms with Crippen LogP contribution in [0.5, 0.6) is 5.75 Å². The molecule has 0 aliphatic heterocycles. The van der Waals surface area contributed by atoms with Gasteiger partial charge >= 0.3 is 0 Å². The molecule has 1 atom stereocenters. The first-order chi connectivity index (χ1) is 16.5. The Hall–Kier alpha value is -3.07. The molecule has 192 valence electrons. The van der Waals surface area contributed by atoms with Crippen LogP contribution in [0.4, 0.5) is 5.69 Å². The molecule has 35 heavy (non-hydrogen) atoms. The fraction of sp³-hybridized carbons (Fsp3) is 0.462. The summed E-state index contributed by atoms with van der Waals surface area (Å²) in [7, 11) is -3.78. The van der Waals surface area contributed by atoms with Crippen LogP contribution in [0, 0.1) is 6.92 Å². The summed E-state index contributed by atoms with van der Waals surface area (Å²) >= 11 is 0. The molecule has 0 fully saturated rings. The van der Waals surface area contributed by atoms with Crippen LogP contribution in [0.25, 0.3) is 0 Å². The van der Waals surface area contributed by atoms with Crippen LogP contribution in [0.2, 0.25) is 0 Å². The van der Waals surface area contributed by atoms with Crippen LogP contribution < -0.4 is 14.4 Å². The number of anilines is 1. The molecule has 0 bridgehead atoms. The minimum atomic E-state index is -3.78. The summed E-state index contributed by atoms with van der Waals surface area (Å²) in [6.45, 7) is 9.62. The minimum Gasteiger partial charge on any atom is -0.494 e. The number of carbonyl (C=O) groups is 2. The van der Waals surface area contributed by atoms with Crippen molar-refractivity contribution in [2.75, 3.05) is 23.7 Å². The van der Waals surface area contributed by atoms with Crippen LogP contribution in [0.1, 0.15) is 45.2 Å². The molecular formula is C26H37N3O5S. The third-order valence-corrected chi connectivity index (χ3v) is 6.55. The Bertz CT molecular complexity index is 1080. The van der Waals surface area contributed by atoms with Gasteiger partial charge in [-0.1, -0.05) is 36.8 Å². The van der Waals surface area contributed by atoms with Crippen LogP contribution in [-0.2, 0) is 26.2 Å². The van der Waals surface area contributed by atoms with Gasteiger partial charge in [0.05, 0.1) is 18.6 Å². The molecule has 0 spiro atoms. The van der Waals surface area contributed by atoms with Crippen molar-refractivity contribution < 1.29 is 22.7 Å². The number of rotatable bonds is 12. The van der Waals surface area contributed by atoms with Crippen molar-refractivity contribution in [1.29, 1.82) is 0 Å². The van der Waals surface area contributed by atoms with Gasteiger partial charge in [0.25, 0.3) is 0 Å². The van der Waals surface area contributed by atoms with Gasteiger partial charge in [0.15, 0.2) is 0 Å². The Morgan fingerprint density at radius 2 is 1.60 bits per heavy atom. The molecule has 0 heterocycles. The van der Waals surface area contributed by atoms with E-state index in [1.807, 2.05) is 58.9 Å². The largest absolute Gasteiger partial charge is 0.494 e. The third kappa shape index (κ3) is 8.28. The van der Waals surface area contributed by atoms with Crippen molar-refractivity contribution in [1.82, 2.24) is 10.2 Å². The van der Waals surface area contributed by atoms with E-state index < -0.39 is 28.5 Å². The first-order valence-corrected chi connectivity index (χ1v) is 13.7. The number of hydrogen-bond acceptors (Lipinski definition) is 5. The topological polar surface area (TPSA) is 96.0 Å². The van der Waals surface area contributed by atoms with Crippen molar-refractivity contribution in [3.8, 4) is 5.75 Å². The molecule has 2 aromatic rings. The van der Waals surface area contributed by atoms with Crippen molar-refractivity contribution in [3.63, 3.8) is 0 Å². The molecule has 9 heteroatoms. The van der Waals surface area contributed by atoms with Gasteiger partial charge in [0.2, 0.25) is 21.8 Å². The summed E-state index contributed by atoms with van der Waals surface area (Å²) in [6, 6.07) is 13.4. The smallest absolute Gasteiger partial charge is 0.244 e. The number of hydrogen-bond donors (Lipinski definition) is 1. The fourth-order valence-corrected chi connectivity index (χ4v) is 4.53. The molecule has 2 amide bonds. The number of nitrogens with zero attached hydrogens (tertiary/aromatic N) is 2. The van der Waals surface area contributed by atoms with Crippen molar-refractivity contribution >= 4 is 27.5 Å². The Morgan fingerprint density at radius 1 is 1.00 bits per heavy atom. The second kappa shape index (κ2) is 12.6. The highest BCUT2D eigenvalue weighted by Gasteiger charge is 2.32. The highest BCUT2D eigenvalue weighted by atomic mass is 32.2. The zero-order valence-electron chi connectivity index (χ0n) is 21.4. The van der Waals surface area contributed by atoms with Gasteiger partial charge < -0.3 is 15.0 Å². The maximum atomic E-state index is 13.6. The maximum absolute atomic E-state index is 13.6. The zero-order chi connectivity index (χ0) is 26.2. The lowest BCUT2D eigenvalue weighted by Gasteiger charge is -2.33. The van der Waals surface area contributed by atoms with E-state index >= 15 is 0 Å². The zero-order valence-corrected chi connectivity index (χ0v) is 22.3. The number of sulfonamides is 1. The molecule has 0 saturated carbocycles. The van der Waals surface area contributed by atoms with E-state index in [0.29, 0.717) is 24.5 Å². The predicted octanol–water partition coefficient (Wildman–Crippen LogP) is 3.49. The van der Waals surface area contributed by atoms with E-state index in [9.17, 15) is 18.0 Å². The fourth-order valence-electron chi connectivity index (χ4n) is 3.68. The highest BCUT2D eigenvalue weighted by molar-refractivity contribution is 7.92. The molecule has 0 unspecified atom stereocenters. The van der Waals surface area contributed by atoms with Gasteiger partial charge in [-0.05, 0) is 63.9 Å². The second-order valence-electron chi connectivity index (χ2n) is 8.79. The lowest BCUT2D eigenvalue weighted by molar-refractivity contribution is -0.140. The molecule has 8 nitrogen and oxygen atoms in total. The summed E-state index contributed by atoms with van der Waals surface area (Å²) in [5.74, 6) is -0.126. The van der Waals surface area contributed by atoms with Gasteiger partial charge in [0, 0.05) is 12.6 Å². The molecular weight excluding hydrogens is 466 g/mol. The lowest BCUT2D eigenvalue weighted by Crippen LogP contribution is -2.53. The van der Waals surface area contributed by atoms with E-state index in [4.69, 9.17) is 4.74 Å². The van der Waals surface area contributed by atoms with E-state index in [0.717, 1.165) is 21.7 Å². The van der Waals surface area contributed by atoms with Crippen LogP contribution in [0.3, 0.4) is 0 Å². The molecule has 0 saturated heterocycles. The molecule has 0 aliphatic rings. The average molecular weight is 504 g/mol. The molecule has 1 N–H and O–H groups in total. The Kier molecular flexibility index (Phi) is 10.1. The second-order valence-corrected chi connectivity index (χ2v) is 10.7. The van der Waals surface area contributed by atoms with Crippen molar-refractivity contribution in [2.24, 2.45) is 0 Å². The number of carbonyl (C=O) groups excluding carboxylic acids is 2. The Morgan fingerprint density at radius 3 is 2.09 bits per heavy atom. The van der Waals surface area contributed by atoms with Gasteiger partial charge in [-0.3, -0.25) is 13.9 Å². The maximum Gasteiger partial charge on any atom is 0.244 e. The first-order valence-electron chi connectivity index (χ1n) is 11.8. The molecule has 2 aromatic carbocycles. The van der Waals surface area contributed by atoms with Gasteiger partial charge in [-0.15, -0.1) is 0 Å². The Labute approximate surface area is 209 Å². The monoisotopic (exact) mass is 503 g/mol. The average Bonchev–Trinajstić information content (AvgIpc) is 2.78. The standard InChI is InChI=1S/C26H37N3O5S/c1-7-24(26(31)27-19(3)4)28(17-21-11-9-20(5)10-12-21)25(30)18-29(35(6,32)33)22-13-15-23(16-14-22)34-8-2/h9-16,19,24H,7-8,17-18H2,1-6H3,(H,27,31)/t24-/m0/s1. The highest BCUT2D eigenvalue weighted by Crippen LogP contribution is 2.23. The molecule has 0 aliphatic carbocycles. The predicted molar refractivity (Wildman–Crippen MR) is 139 cm³/mol.